The van der Waals surface area contributed by atoms with E-state index in [4.69, 9.17) is 4.74 Å². The molecule has 0 aromatic carbocycles. The second kappa shape index (κ2) is 7.46. The van der Waals surface area contributed by atoms with Crippen LogP contribution in [-0.4, -0.2) is 61.0 Å². The summed E-state index contributed by atoms with van der Waals surface area (Å²) in [6.45, 7) is 3.14. The predicted octanol–water partition coefficient (Wildman–Crippen LogP) is -0.791. The second-order valence-electron chi connectivity index (χ2n) is 6.36. The first kappa shape index (κ1) is 18.4. The summed E-state index contributed by atoms with van der Waals surface area (Å²) in [6, 6.07) is 3.01. The van der Waals surface area contributed by atoms with Gasteiger partial charge in [0.15, 0.2) is 0 Å². The standard InChI is InChI=1S/C16H19N5O4.ClH/c22-13-4-2-10(15(24)20-13)18-14(23)11-1-3-12-16(19-11)25-8-9-7-17-5-6-21(9)12;/h1,3,9-10,17H,2,4-8H2,(H,18,23)(H,20,22,24);1H/t9-,10+;/m1./s1. The normalized spacial score (nSPS) is 24.4. The summed E-state index contributed by atoms with van der Waals surface area (Å²) < 4.78 is 5.71. The number of carbonyl (C=O) groups excluding carboxylic acids is 3. The monoisotopic (exact) mass is 381 g/mol. The fourth-order valence-corrected chi connectivity index (χ4v) is 3.35. The molecular formula is C16H20ClN5O4. The minimum Gasteiger partial charge on any atom is -0.474 e. The van der Waals surface area contributed by atoms with E-state index < -0.39 is 17.9 Å². The Kier molecular flexibility index (Phi) is 5.28. The number of halogens is 1. The Morgan fingerprint density at radius 3 is 3.00 bits per heavy atom. The zero-order chi connectivity index (χ0) is 17.4. The molecule has 3 amide bonds. The van der Waals surface area contributed by atoms with E-state index in [1.165, 1.54) is 0 Å². The van der Waals surface area contributed by atoms with Gasteiger partial charge in [0.2, 0.25) is 17.7 Å². The molecule has 0 bridgehead atoms. The van der Waals surface area contributed by atoms with Gasteiger partial charge < -0.3 is 20.3 Å². The van der Waals surface area contributed by atoms with Crippen molar-refractivity contribution in [2.24, 2.45) is 0 Å². The predicted molar refractivity (Wildman–Crippen MR) is 94.6 cm³/mol. The SMILES string of the molecule is Cl.O=C1CC[C@H](NC(=O)c2ccc3c(n2)OC[C@H]2CNCCN32)C(=O)N1. The van der Waals surface area contributed by atoms with Crippen molar-refractivity contribution >= 4 is 35.8 Å². The van der Waals surface area contributed by atoms with Crippen molar-refractivity contribution in [1.29, 1.82) is 0 Å². The average molecular weight is 382 g/mol. The third-order valence-corrected chi connectivity index (χ3v) is 4.69. The topological polar surface area (TPSA) is 113 Å². The van der Waals surface area contributed by atoms with E-state index in [1.807, 2.05) is 6.07 Å². The van der Waals surface area contributed by atoms with Crippen LogP contribution in [0.25, 0.3) is 0 Å². The molecular weight excluding hydrogens is 362 g/mol. The van der Waals surface area contributed by atoms with Gasteiger partial charge in [0.1, 0.15) is 24.0 Å². The fourth-order valence-electron chi connectivity index (χ4n) is 3.35. The summed E-state index contributed by atoms with van der Waals surface area (Å²) >= 11 is 0. The van der Waals surface area contributed by atoms with Crippen LogP contribution in [0.1, 0.15) is 23.3 Å². The maximum absolute atomic E-state index is 12.4. The molecule has 0 spiro atoms. The van der Waals surface area contributed by atoms with Crippen LogP contribution in [-0.2, 0) is 9.59 Å². The number of nitrogens with one attached hydrogen (secondary N) is 3. The van der Waals surface area contributed by atoms with Crippen LogP contribution < -0.4 is 25.6 Å². The summed E-state index contributed by atoms with van der Waals surface area (Å²) in [7, 11) is 0. The van der Waals surface area contributed by atoms with Gasteiger partial charge in [-0.15, -0.1) is 12.4 Å². The Bertz CT molecular complexity index is 743. The zero-order valence-electron chi connectivity index (χ0n) is 14.0. The van der Waals surface area contributed by atoms with Crippen LogP contribution in [0.2, 0.25) is 0 Å². The molecule has 140 valence electrons. The number of aromatic nitrogens is 1. The number of hydrogen-bond acceptors (Lipinski definition) is 7. The van der Waals surface area contributed by atoms with Crippen molar-refractivity contribution in [2.75, 3.05) is 31.1 Å². The number of fused-ring (bicyclic) bond motifs is 3. The Morgan fingerprint density at radius 1 is 1.35 bits per heavy atom. The number of amides is 3. The number of pyridine rings is 1. The molecule has 1 aromatic rings. The molecule has 3 aliphatic rings. The number of imide groups is 1. The van der Waals surface area contributed by atoms with Crippen molar-refractivity contribution in [3.63, 3.8) is 0 Å². The van der Waals surface area contributed by atoms with Gasteiger partial charge in [-0.05, 0) is 18.6 Å². The first-order chi connectivity index (χ1) is 12.1. The van der Waals surface area contributed by atoms with Crippen LogP contribution in [0, 0.1) is 0 Å². The largest absolute Gasteiger partial charge is 0.474 e. The number of ether oxygens (including phenoxy) is 1. The van der Waals surface area contributed by atoms with E-state index in [2.05, 4.69) is 25.8 Å². The van der Waals surface area contributed by atoms with Crippen LogP contribution in [0.3, 0.4) is 0 Å². The van der Waals surface area contributed by atoms with E-state index in [9.17, 15) is 14.4 Å². The molecule has 2 saturated heterocycles. The first-order valence-electron chi connectivity index (χ1n) is 8.37. The number of piperazine rings is 1. The van der Waals surface area contributed by atoms with Crippen LogP contribution in [0.5, 0.6) is 5.88 Å². The van der Waals surface area contributed by atoms with Gasteiger partial charge in [-0.3, -0.25) is 19.7 Å². The molecule has 3 N–H and O–H groups in total. The van der Waals surface area contributed by atoms with Gasteiger partial charge in [0.05, 0.1) is 6.04 Å². The maximum Gasteiger partial charge on any atom is 0.270 e. The van der Waals surface area contributed by atoms with Crippen LogP contribution in [0.4, 0.5) is 5.69 Å². The second-order valence-corrected chi connectivity index (χ2v) is 6.36. The third kappa shape index (κ3) is 3.45. The van der Waals surface area contributed by atoms with Crippen LogP contribution >= 0.6 is 12.4 Å². The molecule has 0 saturated carbocycles. The van der Waals surface area contributed by atoms with Gasteiger partial charge in [0.25, 0.3) is 5.91 Å². The van der Waals surface area contributed by atoms with Crippen molar-refractivity contribution in [3.05, 3.63) is 17.8 Å². The van der Waals surface area contributed by atoms with Gasteiger partial charge in [0, 0.05) is 26.1 Å². The number of carbonyl (C=O) groups is 3. The summed E-state index contributed by atoms with van der Waals surface area (Å²) in [5.41, 5.74) is 1.08. The summed E-state index contributed by atoms with van der Waals surface area (Å²) in [5, 5.41) is 8.17. The molecule has 1 aromatic heterocycles. The highest BCUT2D eigenvalue weighted by atomic mass is 35.5. The van der Waals surface area contributed by atoms with E-state index in [-0.39, 0.29) is 36.5 Å². The van der Waals surface area contributed by atoms with E-state index >= 15 is 0 Å². The number of piperidine rings is 1. The molecule has 2 fully saturated rings. The lowest BCUT2D eigenvalue weighted by Gasteiger charge is -2.41. The summed E-state index contributed by atoms with van der Waals surface area (Å²) in [6.07, 6.45) is 0.502. The highest BCUT2D eigenvalue weighted by Gasteiger charge is 2.32. The average Bonchev–Trinajstić information content (AvgIpc) is 2.63. The maximum atomic E-state index is 12.4. The zero-order valence-corrected chi connectivity index (χ0v) is 14.8. The van der Waals surface area contributed by atoms with Crippen molar-refractivity contribution in [1.82, 2.24) is 20.9 Å². The number of rotatable bonds is 2. The molecule has 2 atom stereocenters. The Morgan fingerprint density at radius 2 is 2.19 bits per heavy atom. The fraction of sp³-hybridized carbons (Fsp3) is 0.500. The van der Waals surface area contributed by atoms with Gasteiger partial charge >= 0.3 is 0 Å². The molecule has 3 aliphatic heterocycles. The van der Waals surface area contributed by atoms with E-state index in [1.54, 1.807) is 6.07 Å². The summed E-state index contributed by atoms with van der Waals surface area (Å²) in [4.78, 5) is 41.9. The smallest absolute Gasteiger partial charge is 0.270 e. The van der Waals surface area contributed by atoms with E-state index in [0.29, 0.717) is 18.9 Å². The molecule has 0 unspecified atom stereocenters. The van der Waals surface area contributed by atoms with Gasteiger partial charge in [-0.1, -0.05) is 0 Å². The highest BCUT2D eigenvalue weighted by molar-refractivity contribution is 6.03. The summed E-state index contributed by atoms with van der Waals surface area (Å²) in [5.74, 6) is -0.818. The molecule has 0 radical (unpaired) electrons. The molecule has 4 rings (SSSR count). The minimum atomic E-state index is -0.721. The Balaban J connectivity index is 0.00000196. The lowest BCUT2D eigenvalue weighted by Crippen LogP contribution is -2.56. The molecule has 26 heavy (non-hydrogen) atoms. The number of nitrogens with zero attached hydrogens (tertiary/aromatic N) is 2. The Labute approximate surface area is 156 Å². The van der Waals surface area contributed by atoms with Gasteiger partial charge in [-0.2, -0.15) is 0 Å². The highest BCUT2D eigenvalue weighted by Crippen LogP contribution is 2.32. The molecule has 9 nitrogen and oxygen atoms in total. The quantitative estimate of drug-likeness (QED) is 0.575. The lowest BCUT2D eigenvalue weighted by atomic mass is 10.1. The molecule has 0 aliphatic carbocycles. The Hall–Kier alpha value is -2.39. The van der Waals surface area contributed by atoms with Crippen molar-refractivity contribution < 1.29 is 19.1 Å². The number of anilines is 1. The molecule has 10 heteroatoms. The third-order valence-electron chi connectivity index (χ3n) is 4.69. The van der Waals surface area contributed by atoms with Crippen LogP contribution in [0.15, 0.2) is 12.1 Å². The van der Waals surface area contributed by atoms with Gasteiger partial charge in [-0.25, -0.2) is 4.98 Å². The first-order valence-corrected chi connectivity index (χ1v) is 8.37. The minimum absolute atomic E-state index is 0. The van der Waals surface area contributed by atoms with Crippen molar-refractivity contribution in [2.45, 2.75) is 24.9 Å². The van der Waals surface area contributed by atoms with Crippen molar-refractivity contribution in [3.8, 4) is 5.88 Å². The lowest BCUT2D eigenvalue weighted by molar-refractivity contribution is -0.134. The van der Waals surface area contributed by atoms with E-state index in [0.717, 1.165) is 25.3 Å². The number of hydrogen-bond donors (Lipinski definition) is 3. The molecule has 4 heterocycles.